The number of carbonyl (C=O) groups excluding carboxylic acids is 2. The number of hydrogen-bond acceptors (Lipinski definition) is 6. The SMILES string of the molecule is Cc1nsc(NC(=O)CCC(C)(C)NC(=O)OCC2c3ccccc3-c3ccccc32)c1C(=O)O. The second-order valence-corrected chi connectivity index (χ2v) is 9.93. The van der Waals surface area contributed by atoms with Crippen LogP contribution in [0.2, 0.25) is 0 Å². The van der Waals surface area contributed by atoms with Crippen LogP contribution in [0.5, 0.6) is 0 Å². The Kier molecular flexibility index (Phi) is 6.88. The van der Waals surface area contributed by atoms with Gasteiger partial charge in [0.05, 0.1) is 5.69 Å². The topological polar surface area (TPSA) is 118 Å². The monoisotopic (exact) mass is 493 g/mol. The first kappa shape index (κ1) is 24.4. The van der Waals surface area contributed by atoms with Gasteiger partial charge >= 0.3 is 12.1 Å². The van der Waals surface area contributed by atoms with E-state index in [4.69, 9.17) is 4.74 Å². The molecule has 0 saturated heterocycles. The van der Waals surface area contributed by atoms with E-state index in [2.05, 4.69) is 39.3 Å². The highest BCUT2D eigenvalue weighted by atomic mass is 32.1. The molecule has 9 heteroatoms. The maximum Gasteiger partial charge on any atom is 0.407 e. The summed E-state index contributed by atoms with van der Waals surface area (Å²) in [4.78, 5) is 36.4. The van der Waals surface area contributed by atoms with Gasteiger partial charge in [0.1, 0.15) is 17.2 Å². The van der Waals surface area contributed by atoms with Crippen molar-refractivity contribution >= 4 is 34.5 Å². The van der Waals surface area contributed by atoms with Crippen LogP contribution in [0.15, 0.2) is 48.5 Å². The van der Waals surface area contributed by atoms with Crippen molar-refractivity contribution in [1.82, 2.24) is 9.69 Å². The van der Waals surface area contributed by atoms with Crippen molar-refractivity contribution in [2.45, 2.75) is 45.1 Å². The Morgan fingerprint density at radius 1 is 1.06 bits per heavy atom. The number of carboxylic acid groups (broad SMARTS) is 1. The zero-order valence-electron chi connectivity index (χ0n) is 19.8. The maximum atomic E-state index is 12.6. The van der Waals surface area contributed by atoms with E-state index < -0.39 is 17.6 Å². The van der Waals surface area contributed by atoms with Crippen molar-refractivity contribution < 1.29 is 24.2 Å². The Balaban J connectivity index is 1.31. The van der Waals surface area contributed by atoms with E-state index in [9.17, 15) is 19.5 Å². The van der Waals surface area contributed by atoms with E-state index in [0.717, 1.165) is 33.8 Å². The van der Waals surface area contributed by atoms with Gasteiger partial charge in [-0.1, -0.05) is 48.5 Å². The van der Waals surface area contributed by atoms with Crippen molar-refractivity contribution in [2.75, 3.05) is 11.9 Å². The Morgan fingerprint density at radius 3 is 2.26 bits per heavy atom. The molecule has 0 saturated carbocycles. The number of carboxylic acids is 1. The summed E-state index contributed by atoms with van der Waals surface area (Å²) in [5, 5.41) is 15.0. The van der Waals surface area contributed by atoms with Crippen LogP contribution >= 0.6 is 11.5 Å². The lowest BCUT2D eigenvalue weighted by atomic mass is 9.98. The molecule has 4 rings (SSSR count). The van der Waals surface area contributed by atoms with E-state index in [1.807, 2.05) is 24.3 Å². The number of aryl methyl sites for hydroxylation is 1. The van der Waals surface area contributed by atoms with E-state index in [0.29, 0.717) is 12.1 Å². The molecule has 0 fully saturated rings. The first-order valence-electron chi connectivity index (χ1n) is 11.3. The molecular formula is C26H27N3O5S. The highest BCUT2D eigenvalue weighted by molar-refractivity contribution is 7.11. The lowest BCUT2D eigenvalue weighted by molar-refractivity contribution is -0.116. The zero-order chi connectivity index (χ0) is 25.2. The third-order valence-corrected chi connectivity index (χ3v) is 6.94. The minimum absolute atomic E-state index is 0.000581. The fourth-order valence-electron chi connectivity index (χ4n) is 4.30. The van der Waals surface area contributed by atoms with Crippen molar-refractivity contribution in [1.29, 1.82) is 0 Å². The number of nitrogens with one attached hydrogen (secondary N) is 2. The summed E-state index contributed by atoms with van der Waals surface area (Å²) in [6.45, 7) is 5.40. The van der Waals surface area contributed by atoms with Crippen LogP contribution in [-0.2, 0) is 9.53 Å². The zero-order valence-corrected chi connectivity index (χ0v) is 20.6. The molecule has 35 heavy (non-hydrogen) atoms. The van der Waals surface area contributed by atoms with Crippen LogP contribution in [0, 0.1) is 6.92 Å². The van der Waals surface area contributed by atoms with Gasteiger partial charge in [0, 0.05) is 17.9 Å². The molecule has 1 aliphatic rings. The molecule has 0 radical (unpaired) electrons. The molecule has 0 unspecified atom stereocenters. The number of amides is 2. The summed E-state index contributed by atoms with van der Waals surface area (Å²) in [6, 6.07) is 16.3. The number of alkyl carbamates (subject to hydrolysis) is 1. The van der Waals surface area contributed by atoms with Crippen molar-refractivity contribution in [3.63, 3.8) is 0 Å². The second-order valence-electron chi connectivity index (χ2n) is 9.16. The van der Waals surface area contributed by atoms with Gasteiger partial charge in [0.25, 0.3) is 0 Å². The molecule has 1 heterocycles. The molecule has 2 aromatic carbocycles. The van der Waals surface area contributed by atoms with Gasteiger partial charge in [-0.15, -0.1) is 0 Å². The van der Waals surface area contributed by atoms with Gasteiger partial charge in [0.2, 0.25) is 5.91 Å². The molecular weight excluding hydrogens is 466 g/mol. The highest BCUT2D eigenvalue weighted by Gasteiger charge is 2.30. The lowest BCUT2D eigenvalue weighted by Gasteiger charge is -2.26. The molecule has 2 amide bonds. The molecule has 0 bridgehead atoms. The number of aromatic carboxylic acids is 1. The van der Waals surface area contributed by atoms with Crippen molar-refractivity contribution in [3.8, 4) is 11.1 Å². The van der Waals surface area contributed by atoms with Gasteiger partial charge in [-0.25, -0.2) is 9.59 Å². The summed E-state index contributed by atoms with van der Waals surface area (Å²) in [6.07, 6.45) is -0.126. The molecule has 8 nitrogen and oxygen atoms in total. The Morgan fingerprint density at radius 2 is 1.66 bits per heavy atom. The third-order valence-electron chi connectivity index (χ3n) is 6.09. The van der Waals surface area contributed by atoms with Crippen molar-refractivity contribution in [2.24, 2.45) is 0 Å². The number of rotatable bonds is 8. The first-order valence-corrected chi connectivity index (χ1v) is 12.1. The van der Waals surface area contributed by atoms with Gasteiger partial charge in [0.15, 0.2) is 0 Å². The highest BCUT2D eigenvalue weighted by Crippen LogP contribution is 2.44. The van der Waals surface area contributed by atoms with E-state index in [-0.39, 0.29) is 35.4 Å². The van der Waals surface area contributed by atoms with E-state index >= 15 is 0 Å². The van der Waals surface area contributed by atoms with E-state index in [1.54, 1.807) is 20.8 Å². The summed E-state index contributed by atoms with van der Waals surface area (Å²) in [5.74, 6) is -1.52. The summed E-state index contributed by atoms with van der Waals surface area (Å²) < 4.78 is 9.59. The average Bonchev–Trinajstić information content (AvgIpc) is 3.33. The number of ether oxygens (including phenoxy) is 1. The fourth-order valence-corrected chi connectivity index (χ4v) is 5.10. The molecule has 3 aromatic rings. The minimum atomic E-state index is -1.14. The number of nitrogens with zero attached hydrogens (tertiary/aromatic N) is 1. The number of aromatic nitrogens is 1. The lowest BCUT2D eigenvalue weighted by Crippen LogP contribution is -2.44. The smallest absolute Gasteiger partial charge is 0.407 e. The molecule has 0 aliphatic heterocycles. The molecule has 1 aromatic heterocycles. The molecule has 182 valence electrons. The first-order chi connectivity index (χ1) is 16.7. The van der Waals surface area contributed by atoms with Gasteiger partial charge in [-0.05, 0) is 61.0 Å². The molecule has 1 aliphatic carbocycles. The number of benzene rings is 2. The van der Waals surface area contributed by atoms with Crippen LogP contribution < -0.4 is 10.6 Å². The average molecular weight is 494 g/mol. The molecule has 0 spiro atoms. The van der Waals surface area contributed by atoms with Gasteiger partial charge in [-0.3, -0.25) is 4.79 Å². The summed E-state index contributed by atoms with van der Waals surface area (Å²) in [5.41, 5.74) is 4.23. The number of anilines is 1. The van der Waals surface area contributed by atoms with Gasteiger partial charge in [-0.2, -0.15) is 4.37 Å². The van der Waals surface area contributed by atoms with Crippen LogP contribution in [0.1, 0.15) is 59.8 Å². The molecule has 0 atom stereocenters. The Hall–Kier alpha value is -3.72. The molecule has 3 N–H and O–H groups in total. The van der Waals surface area contributed by atoms with Crippen LogP contribution in [0.25, 0.3) is 11.1 Å². The van der Waals surface area contributed by atoms with Gasteiger partial charge < -0.3 is 20.5 Å². The van der Waals surface area contributed by atoms with Crippen molar-refractivity contribution in [3.05, 3.63) is 70.9 Å². The van der Waals surface area contributed by atoms with E-state index in [1.165, 1.54) is 0 Å². The predicted octanol–water partition coefficient (Wildman–Crippen LogP) is 5.19. The fraction of sp³-hybridized carbons (Fsp3) is 0.308. The second kappa shape index (κ2) is 9.87. The number of hydrogen-bond donors (Lipinski definition) is 3. The Labute approximate surface area is 207 Å². The maximum absolute atomic E-state index is 12.6. The van der Waals surface area contributed by atoms with Crippen LogP contribution in [-0.4, -0.2) is 39.6 Å². The standard InChI is InChI=1S/C26H27N3O5S/c1-15-22(24(31)32)23(35-29-15)27-21(30)12-13-26(2,3)28-25(33)34-14-20-18-10-6-4-8-16(18)17-9-5-7-11-19(17)20/h4-11,20H,12-14H2,1-3H3,(H,27,30)(H,28,33)(H,31,32). The minimum Gasteiger partial charge on any atom is -0.478 e. The predicted molar refractivity (Wildman–Crippen MR) is 134 cm³/mol. The summed E-state index contributed by atoms with van der Waals surface area (Å²) >= 11 is 0.933. The largest absolute Gasteiger partial charge is 0.478 e. The quantitative estimate of drug-likeness (QED) is 0.398. The number of fused-ring (bicyclic) bond motifs is 3. The number of carbonyl (C=O) groups is 3. The van der Waals surface area contributed by atoms with Crippen LogP contribution in [0.3, 0.4) is 0 Å². The van der Waals surface area contributed by atoms with Crippen LogP contribution in [0.4, 0.5) is 9.80 Å². The third kappa shape index (κ3) is 5.35. The Bertz CT molecular complexity index is 1240. The summed E-state index contributed by atoms with van der Waals surface area (Å²) in [7, 11) is 0. The normalized spacial score (nSPS) is 12.5.